The normalized spacial score (nSPS) is 17.5. The van der Waals surface area contributed by atoms with Gasteiger partial charge in [-0.2, -0.15) is 0 Å². The Kier molecular flexibility index (Phi) is 2.57. The van der Waals surface area contributed by atoms with Crippen molar-refractivity contribution in [2.24, 2.45) is 0 Å². The number of ether oxygens (including phenoxy) is 1. The zero-order valence-electron chi connectivity index (χ0n) is 9.34. The molecule has 1 aromatic carbocycles. The minimum atomic E-state index is 0.354. The highest BCUT2D eigenvalue weighted by Crippen LogP contribution is 2.35. The summed E-state index contributed by atoms with van der Waals surface area (Å²) in [5.74, 6) is 0.867. The average molecular weight is 206 g/mol. The molecule has 82 valence electrons. The van der Waals surface area contributed by atoms with Crippen LogP contribution in [0.15, 0.2) is 18.2 Å². The van der Waals surface area contributed by atoms with Gasteiger partial charge in [0.1, 0.15) is 5.75 Å². The van der Waals surface area contributed by atoms with E-state index in [4.69, 9.17) is 10.5 Å². The number of hydrogen-bond acceptors (Lipinski definition) is 3. The van der Waals surface area contributed by atoms with E-state index < -0.39 is 0 Å². The van der Waals surface area contributed by atoms with Gasteiger partial charge in [0.2, 0.25) is 0 Å². The second kappa shape index (κ2) is 3.74. The van der Waals surface area contributed by atoms with Gasteiger partial charge in [-0.3, -0.25) is 0 Å². The first-order valence-corrected chi connectivity index (χ1v) is 5.30. The SMILES string of the molecule is COc1cc(N)ccc1CNC1(C)CC1. The molecule has 2 rings (SSSR count). The van der Waals surface area contributed by atoms with Crippen LogP contribution in [-0.4, -0.2) is 12.6 Å². The van der Waals surface area contributed by atoms with Gasteiger partial charge in [-0.25, -0.2) is 0 Å². The van der Waals surface area contributed by atoms with E-state index in [1.165, 1.54) is 18.4 Å². The van der Waals surface area contributed by atoms with E-state index in [2.05, 4.69) is 12.2 Å². The number of anilines is 1. The van der Waals surface area contributed by atoms with Gasteiger partial charge < -0.3 is 15.8 Å². The van der Waals surface area contributed by atoms with E-state index in [1.807, 2.05) is 18.2 Å². The number of methoxy groups -OCH3 is 1. The number of nitrogen functional groups attached to an aromatic ring is 1. The van der Waals surface area contributed by atoms with E-state index in [0.717, 1.165) is 18.0 Å². The second-order valence-corrected chi connectivity index (χ2v) is 4.49. The smallest absolute Gasteiger partial charge is 0.125 e. The first-order valence-electron chi connectivity index (χ1n) is 5.30. The van der Waals surface area contributed by atoms with Crippen LogP contribution < -0.4 is 15.8 Å². The third-order valence-electron chi connectivity index (χ3n) is 3.02. The Balaban J connectivity index is 2.06. The summed E-state index contributed by atoms with van der Waals surface area (Å²) in [5.41, 5.74) is 7.96. The molecule has 3 heteroatoms. The van der Waals surface area contributed by atoms with Crippen LogP contribution in [0, 0.1) is 0 Å². The van der Waals surface area contributed by atoms with Crippen LogP contribution >= 0.6 is 0 Å². The van der Waals surface area contributed by atoms with Crippen molar-refractivity contribution in [3.63, 3.8) is 0 Å². The Morgan fingerprint density at radius 2 is 2.20 bits per heavy atom. The largest absolute Gasteiger partial charge is 0.496 e. The highest BCUT2D eigenvalue weighted by molar-refractivity contribution is 5.48. The Bertz CT molecular complexity index is 359. The van der Waals surface area contributed by atoms with Crippen molar-refractivity contribution in [3.05, 3.63) is 23.8 Å². The van der Waals surface area contributed by atoms with Crippen LogP contribution in [0.1, 0.15) is 25.3 Å². The van der Waals surface area contributed by atoms with Gasteiger partial charge in [0, 0.05) is 29.4 Å². The van der Waals surface area contributed by atoms with E-state index in [-0.39, 0.29) is 0 Å². The molecule has 0 unspecified atom stereocenters. The first kappa shape index (κ1) is 10.3. The minimum Gasteiger partial charge on any atom is -0.496 e. The molecule has 1 fully saturated rings. The van der Waals surface area contributed by atoms with Gasteiger partial charge >= 0.3 is 0 Å². The third-order valence-corrected chi connectivity index (χ3v) is 3.02. The van der Waals surface area contributed by atoms with Crippen LogP contribution in [-0.2, 0) is 6.54 Å². The predicted molar refractivity (Wildman–Crippen MR) is 61.9 cm³/mol. The van der Waals surface area contributed by atoms with E-state index in [1.54, 1.807) is 7.11 Å². The van der Waals surface area contributed by atoms with Gasteiger partial charge in [-0.1, -0.05) is 6.07 Å². The molecule has 1 aliphatic rings. The van der Waals surface area contributed by atoms with Gasteiger partial charge in [0.05, 0.1) is 7.11 Å². The fraction of sp³-hybridized carbons (Fsp3) is 0.500. The quantitative estimate of drug-likeness (QED) is 0.740. The number of nitrogens with one attached hydrogen (secondary N) is 1. The molecule has 0 radical (unpaired) electrons. The van der Waals surface area contributed by atoms with Crippen LogP contribution in [0.25, 0.3) is 0 Å². The summed E-state index contributed by atoms with van der Waals surface area (Å²) in [7, 11) is 1.68. The number of rotatable bonds is 4. The van der Waals surface area contributed by atoms with Crippen molar-refractivity contribution >= 4 is 5.69 Å². The standard InChI is InChI=1S/C12H18N2O/c1-12(5-6-12)14-8-9-3-4-10(13)7-11(9)15-2/h3-4,7,14H,5-6,8,13H2,1-2H3. The van der Waals surface area contributed by atoms with E-state index >= 15 is 0 Å². The molecule has 3 N–H and O–H groups in total. The lowest BCUT2D eigenvalue weighted by Crippen LogP contribution is -2.27. The monoisotopic (exact) mass is 206 g/mol. The lowest BCUT2D eigenvalue weighted by Gasteiger charge is -2.14. The van der Waals surface area contributed by atoms with Crippen molar-refractivity contribution in [1.29, 1.82) is 0 Å². The number of hydrogen-bond donors (Lipinski definition) is 2. The Labute approximate surface area is 90.6 Å². The summed E-state index contributed by atoms with van der Waals surface area (Å²) in [6, 6.07) is 5.80. The average Bonchev–Trinajstić information content (AvgIpc) is 2.95. The molecule has 0 heterocycles. The molecule has 1 saturated carbocycles. The zero-order chi connectivity index (χ0) is 10.9. The summed E-state index contributed by atoms with van der Waals surface area (Å²) in [5, 5.41) is 3.52. The molecule has 3 nitrogen and oxygen atoms in total. The van der Waals surface area contributed by atoms with Crippen molar-refractivity contribution in [2.75, 3.05) is 12.8 Å². The van der Waals surface area contributed by atoms with E-state index in [0.29, 0.717) is 5.54 Å². The summed E-state index contributed by atoms with van der Waals surface area (Å²) in [6.07, 6.45) is 2.54. The van der Waals surface area contributed by atoms with Gasteiger partial charge in [0.25, 0.3) is 0 Å². The fourth-order valence-electron chi connectivity index (χ4n) is 1.58. The first-order chi connectivity index (χ1) is 7.13. The molecular weight excluding hydrogens is 188 g/mol. The number of benzene rings is 1. The lowest BCUT2D eigenvalue weighted by atomic mass is 10.1. The summed E-state index contributed by atoms with van der Waals surface area (Å²) < 4.78 is 5.29. The predicted octanol–water partition coefficient (Wildman–Crippen LogP) is 1.92. The summed E-state index contributed by atoms with van der Waals surface area (Å²) >= 11 is 0. The topological polar surface area (TPSA) is 47.3 Å². The molecule has 0 aromatic heterocycles. The molecule has 0 aliphatic heterocycles. The zero-order valence-corrected chi connectivity index (χ0v) is 9.34. The number of nitrogens with two attached hydrogens (primary N) is 1. The lowest BCUT2D eigenvalue weighted by molar-refractivity contribution is 0.405. The molecule has 15 heavy (non-hydrogen) atoms. The third kappa shape index (κ3) is 2.42. The van der Waals surface area contributed by atoms with Gasteiger partial charge in [-0.05, 0) is 25.8 Å². The van der Waals surface area contributed by atoms with Crippen LogP contribution in [0.3, 0.4) is 0 Å². The minimum absolute atomic E-state index is 0.354. The second-order valence-electron chi connectivity index (χ2n) is 4.49. The Morgan fingerprint density at radius 3 is 2.80 bits per heavy atom. The molecule has 1 aliphatic carbocycles. The van der Waals surface area contributed by atoms with Crippen molar-refractivity contribution in [3.8, 4) is 5.75 Å². The van der Waals surface area contributed by atoms with Crippen molar-refractivity contribution in [1.82, 2.24) is 5.32 Å². The molecule has 0 spiro atoms. The van der Waals surface area contributed by atoms with Gasteiger partial charge in [-0.15, -0.1) is 0 Å². The summed E-state index contributed by atoms with van der Waals surface area (Å²) in [6.45, 7) is 3.09. The maximum atomic E-state index is 5.70. The van der Waals surface area contributed by atoms with E-state index in [9.17, 15) is 0 Å². The maximum Gasteiger partial charge on any atom is 0.125 e. The fourth-order valence-corrected chi connectivity index (χ4v) is 1.58. The van der Waals surface area contributed by atoms with Crippen LogP contribution in [0.4, 0.5) is 5.69 Å². The maximum absolute atomic E-state index is 5.70. The van der Waals surface area contributed by atoms with Crippen molar-refractivity contribution < 1.29 is 4.74 Å². The highest BCUT2D eigenvalue weighted by Gasteiger charge is 2.36. The van der Waals surface area contributed by atoms with Gasteiger partial charge in [0.15, 0.2) is 0 Å². The molecule has 0 saturated heterocycles. The Hall–Kier alpha value is -1.22. The molecule has 0 atom stereocenters. The van der Waals surface area contributed by atoms with Crippen LogP contribution in [0.2, 0.25) is 0 Å². The Morgan fingerprint density at radius 1 is 1.47 bits per heavy atom. The molecule has 1 aromatic rings. The van der Waals surface area contributed by atoms with Crippen LogP contribution in [0.5, 0.6) is 5.75 Å². The summed E-state index contributed by atoms with van der Waals surface area (Å²) in [4.78, 5) is 0. The molecule has 0 amide bonds. The molecule has 0 bridgehead atoms. The molecular formula is C12H18N2O. The highest BCUT2D eigenvalue weighted by atomic mass is 16.5. The van der Waals surface area contributed by atoms with Crippen molar-refractivity contribution in [2.45, 2.75) is 31.8 Å².